The normalized spacial score (nSPS) is 12.3. The summed E-state index contributed by atoms with van der Waals surface area (Å²) in [6.07, 6.45) is 0.831. The van der Waals surface area contributed by atoms with Crippen molar-refractivity contribution in [2.24, 2.45) is 0 Å². The lowest BCUT2D eigenvalue weighted by molar-refractivity contribution is 0.0947. The molecular formula is C22H25N3O2. The number of aromatic nitrogens is 2. The number of benzene rings is 2. The lowest BCUT2D eigenvalue weighted by Gasteiger charge is -2.15. The molecular weight excluding hydrogens is 338 g/mol. The molecule has 0 radical (unpaired) electrons. The minimum Gasteiger partial charge on any atom is -0.351 e. The first-order chi connectivity index (χ1) is 13.0. The summed E-state index contributed by atoms with van der Waals surface area (Å²) in [5.74, 6) is 0.0988. The second-order valence-electron chi connectivity index (χ2n) is 7.09. The average Bonchev–Trinajstić information content (AvgIpc) is 2.68. The summed E-state index contributed by atoms with van der Waals surface area (Å²) in [6.45, 7) is 6.46. The van der Waals surface area contributed by atoms with E-state index in [0.29, 0.717) is 28.9 Å². The molecule has 0 aliphatic carbocycles. The molecule has 0 saturated heterocycles. The summed E-state index contributed by atoms with van der Waals surface area (Å²) in [6, 6.07) is 17.3. The SMILES string of the molecule is CC(CCNC(=O)c1nn(C(C)C)c(=O)c2ccccc12)c1ccccc1. The summed E-state index contributed by atoms with van der Waals surface area (Å²) < 4.78 is 1.38. The van der Waals surface area contributed by atoms with E-state index in [4.69, 9.17) is 0 Å². The van der Waals surface area contributed by atoms with Crippen LogP contribution in [0.1, 0.15) is 55.2 Å². The molecule has 1 unspecified atom stereocenters. The molecule has 0 aliphatic heterocycles. The number of rotatable bonds is 6. The zero-order chi connectivity index (χ0) is 19.4. The molecule has 0 spiro atoms. The summed E-state index contributed by atoms with van der Waals surface area (Å²) in [4.78, 5) is 25.3. The molecule has 0 fully saturated rings. The number of fused-ring (bicyclic) bond motifs is 1. The van der Waals surface area contributed by atoms with Crippen molar-refractivity contribution in [3.05, 3.63) is 76.2 Å². The number of hydrogen-bond donors (Lipinski definition) is 1. The topological polar surface area (TPSA) is 64.0 Å². The predicted molar refractivity (Wildman–Crippen MR) is 108 cm³/mol. The van der Waals surface area contributed by atoms with Gasteiger partial charge in [0.05, 0.1) is 11.4 Å². The van der Waals surface area contributed by atoms with E-state index in [2.05, 4.69) is 29.5 Å². The van der Waals surface area contributed by atoms with E-state index in [9.17, 15) is 9.59 Å². The van der Waals surface area contributed by atoms with Gasteiger partial charge in [0.25, 0.3) is 11.5 Å². The highest BCUT2D eigenvalue weighted by atomic mass is 16.2. The molecule has 1 N–H and O–H groups in total. The average molecular weight is 363 g/mol. The number of nitrogens with one attached hydrogen (secondary N) is 1. The van der Waals surface area contributed by atoms with Gasteiger partial charge in [-0.2, -0.15) is 5.10 Å². The van der Waals surface area contributed by atoms with Crippen molar-refractivity contribution in [3.63, 3.8) is 0 Å². The van der Waals surface area contributed by atoms with E-state index in [1.807, 2.05) is 38.1 Å². The number of carbonyl (C=O) groups excluding carboxylic acids is 1. The van der Waals surface area contributed by atoms with Crippen LogP contribution in [0.3, 0.4) is 0 Å². The van der Waals surface area contributed by atoms with Crippen LogP contribution in [0, 0.1) is 0 Å². The lowest BCUT2D eigenvalue weighted by atomic mass is 9.98. The van der Waals surface area contributed by atoms with Crippen LogP contribution in [0.25, 0.3) is 10.8 Å². The van der Waals surface area contributed by atoms with Crippen molar-refractivity contribution < 1.29 is 4.79 Å². The van der Waals surface area contributed by atoms with Crippen LogP contribution in [0.2, 0.25) is 0 Å². The molecule has 1 atom stereocenters. The molecule has 3 aromatic rings. The fourth-order valence-corrected chi connectivity index (χ4v) is 3.16. The summed E-state index contributed by atoms with van der Waals surface area (Å²) >= 11 is 0. The first-order valence-electron chi connectivity index (χ1n) is 9.33. The monoisotopic (exact) mass is 363 g/mol. The molecule has 1 aromatic heterocycles. The molecule has 5 nitrogen and oxygen atoms in total. The maximum atomic E-state index is 12.8. The van der Waals surface area contributed by atoms with Crippen molar-refractivity contribution in [2.45, 2.75) is 39.2 Å². The Hall–Kier alpha value is -2.95. The van der Waals surface area contributed by atoms with Crippen LogP contribution >= 0.6 is 0 Å². The van der Waals surface area contributed by atoms with Crippen LogP contribution in [-0.2, 0) is 0 Å². The van der Waals surface area contributed by atoms with Gasteiger partial charge in [-0.15, -0.1) is 0 Å². The highest BCUT2D eigenvalue weighted by Gasteiger charge is 2.17. The molecule has 1 amide bonds. The van der Waals surface area contributed by atoms with E-state index >= 15 is 0 Å². The molecule has 3 rings (SSSR count). The molecule has 0 bridgehead atoms. The van der Waals surface area contributed by atoms with Crippen LogP contribution in [0.15, 0.2) is 59.4 Å². The summed E-state index contributed by atoms with van der Waals surface area (Å²) in [5.41, 5.74) is 1.38. The molecule has 27 heavy (non-hydrogen) atoms. The quantitative estimate of drug-likeness (QED) is 0.722. The van der Waals surface area contributed by atoms with Gasteiger partial charge >= 0.3 is 0 Å². The van der Waals surface area contributed by atoms with Gasteiger partial charge in [0.15, 0.2) is 5.69 Å². The Labute approximate surface area is 159 Å². The predicted octanol–water partition coefficient (Wildman–Crippen LogP) is 3.90. The molecule has 1 heterocycles. The van der Waals surface area contributed by atoms with Gasteiger partial charge < -0.3 is 5.32 Å². The largest absolute Gasteiger partial charge is 0.351 e. The van der Waals surface area contributed by atoms with Crippen molar-refractivity contribution in [1.29, 1.82) is 0 Å². The minimum absolute atomic E-state index is 0.119. The second kappa shape index (κ2) is 8.16. The Kier molecular flexibility index (Phi) is 5.69. The smallest absolute Gasteiger partial charge is 0.274 e. The Balaban J connectivity index is 1.79. The molecule has 140 valence electrons. The van der Waals surface area contributed by atoms with E-state index < -0.39 is 0 Å². The van der Waals surface area contributed by atoms with E-state index in [0.717, 1.165) is 6.42 Å². The van der Waals surface area contributed by atoms with Crippen molar-refractivity contribution >= 4 is 16.7 Å². The van der Waals surface area contributed by atoms with Crippen LogP contribution in [-0.4, -0.2) is 22.2 Å². The standard InChI is InChI=1S/C22H25N3O2/c1-15(2)25-22(27)19-12-8-7-11-18(19)20(24-25)21(26)23-14-13-16(3)17-9-5-4-6-10-17/h4-12,15-16H,13-14H2,1-3H3,(H,23,26). The lowest BCUT2D eigenvalue weighted by Crippen LogP contribution is -2.32. The highest BCUT2D eigenvalue weighted by Crippen LogP contribution is 2.18. The van der Waals surface area contributed by atoms with Gasteiger partial charge in [-0.1, -0.05) is 55.5 Å². The third-order valence-electron chi connectivity index (χ3n) is 4.76. The van der Waals surface area contributed by atoms with Gasteiger partial charge in [-0.05, 0) is 37.8 Å². The summed E-state index contributed by atoms with van der Waals surface area (Å²) in [7, 11) is 0. The first-order valence-corrected chi connectivity index (χ1v) is 9.33. The fraction of sp³-hybridized carbons (Fsp3) is 0.318. The third-order valence-corrected chi connectivity index (χ3v) is 4.76. The summed E-state index contributed by atoms with van der Waals surface area (Å²) in [5, 5.41) is 8.42. The van der Waals surface area contributed by atoms with Crippen molar-refractivity contribution in [3.8, 4) is 0 Å². The van der Waals surface area contributed by atoms with Crippen LogP contribution in [0.4, 0.5) is 0 Å². The van der Waals surface area contributed by atoms with Gasteiger partial charge in [-0.3, -0.25) is 9.59 Å². The van der Waals surface area contributed by atoms with Gasteiger partial charge in [0, 0.05) is 11.9 Å². The minimum atomic E-state index is -0.249. The maximum Gasteiger partial charge on any atom is 0.274 e. The number of carbonyl (C=O) groups is 1. The van der Waals surface area contributed by atoms with Crippen LogP contribution in [0.5, 0.6) is 0 Å². The van der Waals surface area contributed by atoms with Gasteiger partial charge in [-0.25, -0.2) is 4.68 Å². The van der Waals surface area contributed by atoms with Gasteiger partial charge in [0.2, 0.25) is 0 Å². The Morgan fingerprint density at radius 3 is 2.30 bits per heavy atom. The van der Waals surface area contributed by atoms with E-state index in [-0.39, 0.29) is 17.5 Å². The Bertz CT molecular complexity index is 993. The maximum absolute atomic E-state index is 12.8. The fourth-order valence-electron chi connectivity index (χ4n) is 3.16. The molecule has 2 aromatic carbocycles. The molecule has 0 saturated carbocycles. The molecule has 0 aliphatic rings. The van der Waals surface area contributed by atoms with Crippen molar-refractivity contribution in [1.82, 2.24) is 15.1 Å². The van der Waals surface area contributed by atoms with Crippen LogP contribution < -0.4 is 10.9 Å². The third kappa shape index (κ3) is 4.08. The first kappa shape index (κ1) is 18.8. The zero-order valence-corrected chi connectivity index (χ0v) is 16.0. The Morgan fingerprint density at radius 1 is 1.00 bits per heavy atom. The highest BCUT2D eigenvalue weighted by molar-refractivity contribution is 6.04. The van der Waals surface area contributed by atoms with Gasteiger partial charge in [0.1, 0.15) is 0 Å². The number of hydrogen-bond acceptors (Lipinski definition) is 3. The molecule has 5 heteroatoms. The number of nitrogens with zero attached hydrogens (tertiary/aromatic N) is 2. The van der Waals surface area contributed by atoms with E-state index in [1.54, 1.807) is 18.2 Å². The Morgan fingerprint density at radius 2 is 1.63 bits per heavy atom. The second-order valence-corrected chi connectivity index (χ2v) is 7.09. The number of amides is 1. The van der Waals surface area contributed by atoms with E-state index in [1.165, 1.54) is 10.2 Å². The zero-order valence-electron chi connectivity index (χ0n) is 16.0. The van der Waals surface area contributed by atoms with Crippen molar-refractivity contribution in [2.75, 3.05) is 6.54 Å².